The Balaban J connectivity index is 2.07. The number of primary amides is 1. The minimum absolute atomic E-state index is 0.250. The van der Waals surface area contributed by atoms with Gasteiger partial charge in [-0.05, 0) is 11.6 Å². The third-order valence-electron chi connectivity index (χ3n) is 2.22. The molecular formula is C10H12N2OS. The third-order valence-corrected chi connectivity index (χ3v) is 3.41. The summed E-state index contributed by atoms with van der Waals surface area (Å²) in [6.45, 7) is 0.250. The first-order chi connectivity index (χ1) is 6.77. The number of carbonyl (C=O) groups is 1. The standard InChI is InChI=1S/C10H12N2OS/c11-10(13)5-12-8-6-14-9-4-2-1-3-7(8)9/h1-4,8,12H,5-6H2,(H2,11,13). The Morgan fingerprint density at radius 1 is 1.57 bits per heavy atom. The molecule has 0 saturated carbocycles. The lowest BCUT2D eigenvalue weighted by Crippen LogP contribution is -2.31. The molecule has 1 atom stereocenters. The van der Waals surface area contributed by atoms with Crippen molar-refractivity contribution in [2.75, 3.05) is 12.3 Å². The topological polar surface area (TPSA) is 55.1 Å². The maximum atomic E-state index is 10.6. The smallest absolute Gasteiger partial charge is 0.231 e. The summed E-state index contributed by atoms with van der Waals surface area (Å²) < 4.78 is 0. The largest absolute Gasteiger partial charge is 0.369 e. The SMILES string of the molecule is NC(=O)CNC1CSc2ccccc21. The Bertz CT molecular complexity index is 354. The van der Waals surface area contributed by atoms with Gasteiger partial charge < -0.3 is 11.1 Å². The molecule has 3 N–H and O–H groups in total. The molecule has 1 aliphatic rings. The quantitative estimate of drug-likeness (QED) is 0.776. The molecule has 1 unspecified atom stereocenters. The van der Waals surface area contributed by atoms with Gasteiger partial charge in [0.05, 0.1) is 6.54 Å². The number of thioether (sulfide) groups is 1. The molecule has 74 valence electrons. The molecule has 0 fully saturated rings. The summed E-state index contributed by atoms with van der Waals surface area (Å²) in [6.07, 6.45) is 0. The number of rotatable bonds is 3. The minimum Gasteiger partial charge on any atom is -0.369 e. The second-order valence-electron chi connectivity index (χ2n) is 3.25. The van der Waals surface area contributed by atoms with Crippen molar-refractivity contribution >= 4 is 17.7 Å². The van der Waals surface area contributed by atoms with Crippen molar-refractivity contribution < 1.29 is 4.79 Å². The Morgan fingerprint density at radius 2 is 2.36 bits per heavy atom. The van der Waals surface area contributed by atoms with Crippen LogP contribution in [0, 0.1) is 0 Å². The number of benzene rings is 1. The molecule has 0 bridgehead atoms. The van der Waals surface area contributed by atoms with Gasteiger partial charge in [0.15, 0.2) is 0 Å². The van der Waals surface area contributed by atoms with Crippen LogP contribution in [0.3, 0.4) is 0 Å². The van der Waals surface area contributed by atoms with Gasteiger partial charge in [-0.15, -0.1) is 11.8 Å². The van der Waals surface area contributed by atoms with Crippen LogP contribution in [-0.2, 0) is 4.79 Å². The fraction of sp³-hybridized carbons (Fsp3) is 0.300. The van der Waals surface area contributed by atoms with Crippen molar-refractivity contribution in [1.82, 2.24) is 5.32 Å². The number of nitrogens with two attached hydrogens (primary N) is 1. The normalized spacial score (nSPS) is 19.3. The number of nitrogens with one attached hydrogen (secondary N) is 1. The molecule has 4 heteroatoms. The first-order valence-corrected chi connectivity index (χ1v) is 5.49. The zero-order chi connectivity index (χ0) is 9.97. The van der Waals surface area contributed by atoms with Crippen LogP contribution in [0.25, 0.3) is 0 Å². The zero-order valence-corrected chi connectivity index (χ0v) is 8.51. The molecule has 0 aliphatic carbocycles. The molecule has 0 saturated heterocycles. The van der Waals surface area contributed by atoms with Crippen LogP contribution in [0.5, 0.6) is 0 Å². The van der Waals surface area contributed by atoms with E-state index in [1.165, 1.54) is 10.5 Å². The van der Waals surface area contributed by atoms with E-state index >= 15 is 0 Å². The van der Waals surface area contributed by atoms with E-state index in [4.69, 9.17) is 5.73 Å². The number of hydrogen-bond donors (Lipinski definition) is 2. The fourth-order valence-electron chi connectivity index (χ4n) is 1.56. The van der Waals surface area contributed by atoms with Gasteiger partial charge in [0.25, 0.3) is 0 Å². The van der Waals surface area contributed by atoms with Gasteiger partial charge in [-0.2, -0.15) is 0 Å². The number of amides is 1. The lowest BCUT2D eigenvalue weighted by atomic mass is 10.1. The average molecular weight is 208 g/mol. The first kappa shape index (κ1) is 9.55. The van der Waals surface area contributed by atoms with Gasteiger partial charge in [-0.3, -0.25) is 4.79 Å². The Kier molecular flexibility index (Phi) is 2.74. The molecule has 0 radical (unpaired) electrons. The van der Waals surface area contributed by atoms with Gasteiger partial charge in [0, 0.05) is 16.7 Å². The highest BCUT2D eigenvalue weighted by molar-refractivity contribution is 7.99. The molecule has 2 rings (SSSR count). The summed E-state index contributed by atoms with van der Waals surface area (Å²) in [5.41, 5.74) is 6.36. The summed E-state index contributed by atoms with van der Waals surface area (Å²) in [6, 6.07) is 8.51. The predicted molar refractivity (Wildman–Crippen MR) is 57.1 cm³/mol. The van der Waals surface area contributed by atoms with Crippen LogP contribution in [0.1, 0.15) is 11.6 Å². The predicted octanol–water partition coefficient (Wildman–Crippen LogP) is 0.908. The highest BCUT2D eigenvalue weighted by Crippen LogP contribution is 2.37. The highest BCUT2D eigenvalue weighted by Gasteiger charge is 2.21. The Morgan fingerprint density at radius 3 is 3.14 bits per heavy atom. The van der Waals surface area contributed by atoms with E-state index in [1.54, 1.807) is 0 Å². The van der Waals surface area contributed by atoms with Crippen molar-refractivity contribution in [2.45, 2.75) is 10.9 Å². The average Bonchev–Trinajstić information content (AvgIpc) is 2.58. The van der Waals surface area contributed by atoms with Crippen LogP contribution >= 0.6 is 11.8 Å². The van der Waals surface area contributed by atoms with E-state index in [0.29, 0.717) is 0 Å². The lowest BCUT2D eigenvalue weighted by molar-refractivity contribution is -0.117. The molecular weight excluding hydrogens is 196 g/mol. The number of carbonyl (C=O) groups excluding carboxylic acids is 1. The van der Waals surface area contributed by atoms with Crippen molar-refractivity contribution in [3.8, 4) is 0 Å². The van der Waals surface area contributed by atoms with Crippen LogP contribution in [-0.4, -0.2) is 18.2 Å². The van der Waals surface area contributed by atoms with Gasteiger partial charge >= 0.3 is 0 Å². The molecule has 0 spiro atoms. The Labute approximate surface area is 87.1 Å². The molecule has 3 nitrogen and oxygen atoms in total. The fourth-order valence-corrected chi connectivity index (χ4v) is 2.75. The second kappa shape index (κ2) is 4.02. The summed E-state index contributed by atoms with van der Waals surface area (Å²) in [4.78, 5) is 11.9. The number of hydrogen-bond acceptors (Lipinski definition) is 3. The molecule has 1 heterocycles. The van der Waals surface area contributed by atoms with Gasteiger partial charge in [-0.1, -0.05) is 18.2 Å². The van der Waals surface area contributed by atoms with E-state index in [0.717, 1.165) is 5.75 Å². The van der Waals surface area contributed by atoms with Gasteiger partial charge in [0.1, 0.15) is 0 Å². The second-order valence-corrected chi connectivity index (χ2v) is 4.31. The molecule has 1 aliphatic heterocycles. The van der Waals surface area contributed by atoms with Gasteiger partial charge in [0.2, 0.25) is 5.91 Å². The van der Waals surface area contributed by atoms with E-state index in [2.05, 4.69) is 17.4 Å². The lowest BCUT2D eigenvalue weighted by Gasteiger charge is -2.10. The third kappa shape index (κ3) is 1.91. The van der Waals surface area contributed by atoms with Gasteiger partial charge in [-0.25, -0.2) is 0 Å². The minimum atomic E-state index is -0.306. The van der Waals surface area contributed by atoms with E-state index in [-0.39, 0.29) is 18.5 Å². The van der Waals surface area contributed by atoms with E-state index in [1.807, 2.05) is 23.9 Å². The summed E-state index contributed by atoms with van der Waals surface area (Å²) >= 11 is 1.81. The molecule has 14 heavy (non-hydrogen) atoms. The van der Waals surface area contributed by atoms with E-state index in [9.17, 15) is 4.79 Å². The molecule has 0 aromatic heterocycles. The van der Waals surface area contributed by atoms with Crippen molar-refractivity contribution in [1.29, 1.82) is 0 Å². The number of fused-ring (bicyclic) bond motifs is 1. The molecule has 1 aromatic carbocycles. The maximum absolute atomic E-state index is 10.6. The summed E-state index contributed by atoms with van der Waals surface area (Å²) in [5.74, 6) is 0.673. The van der Waals surface area contributed by atoms with Crippen LogP contribution in [0.4, 0.5) is 0 Å². The van der Waals surface area contributed by atoms with Crippen molar-refractivity contribution in [3.63, 3.8) is 0 Å². The van der Waals surface area contributed by atoms with Crippen LogP contribution < -0.4 is 11.1 Å². The Hall–Kier alpha value is -1.00. The van der Waals surface area contributed by atoms with Crippen LogP contribution in [0.2, 0.25) is 0 Å². The van der Waals surface area contributed by atoms with E-state index < -0.39 is 0 Å². The van der Waals surface area contributed by atoms with Crippen LogP contribution in [0.15, 0.2) is 29.2 Å². The monoisotopic (exact) mass is 208 g/mol. The van der Waals surface area contributed by atoms with Crippen molar-refractivity contribution in [3.05, 3.63) is 29.8 Å². The maximum Gasteiger partial charge on any atom is 0.231 e. The molecule has 1 amide bonds. The summed E-state index contributed by atoms with van der Waals surface area (Å²) in [7, 11) is 0. The zero-order valence-electron chi connectivity index (χ0n) is 7.69. The summed E-state index contributed by atoms with van der Waals surface area (Å²) in [5, 5.41) is 3.14. The molecule has 1 aromatic rings. The highest BCUT2D eigenvalue weighted by atomic mass is 32.2. The first-order valence-electron chi connectivity index (χ1n) is 4.51. The van der Waals surface area contributed by atoms with Crippen molar-refractivity contribution in [2.24, 2.45) is 5.73 Å².